The summed E-state index contributed by atoms with van der Waals surface area (Å²) in [7, 11) is 3.04. The Balaban J connectivity index is 2.01. The van der Waals surface area contributed by atoms with Crippen LogP contribution in [0.1, 0.15) is 37.9 Å². The number of allylic oxidation sites excluding steroid dienone is 1. The van der Waals surface area contributed by atoms with Gasteiger partial charge in [0.05, 0.1) is 30.0 Å². The number of phenols is 1. The van der Waals surface area contributed by atoms with Crippen molar-refractivity contribution in [3.63, 3.8) is 0 Å². The number of benzene rings is 2. The van der Waals surface area contributed by atoms with Gasteiger partial charge in [0.25, 0.3) is 11.5 Å². The summed E-state index contributed by atoms with van der Waals surface area (Å²) < 4.78 is 12.8. The van der Waals surface area contributed by atoms with Crippen LogP contribution in [0.3, 0.4) is 0 Å². The number of rotatable bonds is 7. The van der Waals surface area contributed by atoms with E-state index >= 15 is 0 Å². The molecule has 1 N–H and O–H groups in total. The van der Waals surface area contributed by atoms with Crippen molar-refractivity contribution in [1.29, 1.82) is 0 Å². The first-order valence-corrected chi connectivity index (χ1v) is 12.5. The van der Waals surface area contributed by atoms with Gasteiger partial charge in [-0.25, -0.2) is 4.99 Å². The number of para-hydroxylation sites is 2. The van der Waals surface area contributed by atoms with Crippen molar-refractivity contribution in [3.8, 4) is 17.2 Å². The maximum Gasteiger partial charge on any atom is 0.271 e. The average Bonchev–Trinajstić information content (AvgIpc) is 3.19. The van der Waals surface area contributed by atoms with Crippen LogP contribution in [0.15, 0.2) is 63.5 Å². The Morgan fingerprint density at radius 3 is 2.44 bits per heavy atom. The highest BCUT2D eigenvalue weighted by Crippen LogP contribution is 2.36. The highest BCUT2D eigenvalue weighted by atomic mass is 32.1. The normalized spacial score (nSPS) is 15.4. The molecule has 36 heavy (non-hydrogen) atoms. The third-order valence-corrected chi connectivity index (χ3v) is 7.26. The molecule has 0 unspecified atom stereocenters. The highest BCUT2D eigenvalue weighted by molar-refractivity contribution is 7.07. The molecular formula is C27H29N3O5S. The Labute approximate surface area is 213 Å². The van der Waals surface area contributed by atoms with Crippen LogP contribution in [0.5, 0.6) is 17.2 Å². The van der Waals surface area contributed by atoms with E-state index in [0.717, 1.165) is 0 Å². The molecule has 8 nitrogen and oxygen atoms in total. The van der Waals surface area contributed by atoms with Crippen molar-refractivity contribution < 1.29 is 19.4 Å². The maximum atomic E-state index is 13.8. The number of carbonyl (C=O) groups is 1. The lowest BCUT2D eigenvalue weighted by Crippen LogP contribution is -2.43. The van der Waals surface area contributed by atoms with Crippen LogP contribution in [0.4, 0.5) is 0 Å². The number of amides is 1. The lowest BCUT2D eigenvalue weighted by molar-refractivity contribution is -0.127. The van der Waals surface area contributed by atoms with Crippen molar-refractivity contribution in [2.75, 3.05) is 27.3 Å². The fourth-order valence-electron chi connectivity index (χ4n) is 4.42. The third-order valence-electron chi connectivity index (χ3n) is 6.27. The van der Waals surface area contributed by atoms with Gasteiger partial charge in [-0.15, -0.1) is 0 Å². The Kier molecular flexibility index (Phi) is 7.30. The van der Waals surface area contributed by atoms with Gasteiger partial charge in [-0.3, -0.25) is 14.2 Å². The molecular weight excluding hydrogens is 478 g/mol. The van der Waals surface area contributed by atoms with Crippen molar-refractivity contribution in [2.24, 2.45) is 4.99 Å². The van der Waals surface area contributed by atoms with Crippen LogP contribution in [0, 0.1) is 0 Å². The predicted molar refractivity (Wildman–Crippen MR) is 139 cm³/mol. The Bertz CT molecular complexity index is 1510. The second-order valence-corrected chi connectivity index (χ2v) is 9.21. The zero-order chi connectivity index (χ0) is 26.0. The second kappa shape index (κ2) is 10.4. The van der Waals surface area contributed by atoms with Crippen LogP contribution in [-0.4, -0.2) is 47.8 Å². The molecule has 1 amide bonds. The summed E-state index contributed by atoms with van der Waals surface area (Å²) in [4.78, 5) is 34.4. The summed E-state index contributed by atoms with van der Waals surface area (Å²) in [5.74, 6) is 0.658. The van der Waals surface area contributed by atoms with Gasteiger partial charge < -0.3 is 19.5 Å². The van der Waals surface area contributed by atoms with Gasteiger partial charge in [0.1, 0.15) is 11.8 Å². The Morgan fingerprint density at radius 1 is 1.11 bits per heavy atom. The lowest BCUT2D eigenvalue weighted by Gasteiger charge is -2.29. The predicted octanol–water partition coefficient (Wildman–Crippen LogP) is 2.83. The zero-order valence-corrected chi connectivity index (χ0v) is 21.8. The first kappa shape index (κ1) is 25.2. The van der Waals surface area contributed by atoms with E-state index in [0.29, 0.717) is 56.3 Å². The topological polar surface area (TPSA) is 93.4 Å². The van der Waals surface area contributed by atoms with Crippen LogP contribution in [0.2, 0.25) is 0 Å². The summed E-state index contributed by atoms with van der Waals surface area (Å²) in [6.07, 6.45) is 1.62. The fraction of sp³-hybridized carbons (Fsp3) is 0.296. The number of carbonyl (C=O) groups excluding carboxylic acids is 1. The summed E-state index contributed by atoms with van der Waals surface area (Å²) in [5, 5.41) is 10.6. The molecule has 0 aliphatic carbocycles. The molecule has 1 aliphatic rings. The van der Waals surface area contributed by atoms with Crippen molar-refractivity contribution in [3.05, 3.63) is 84.5 Å². The first-order chi connectivity index (χ1) is 17.4. The average molecular weight is 508 g/mol. The second-order valence-electron chi connectivity index (χ2n) is 8.20. The largest absolute Gasteiger partial charge is 0.504 e. The van der Waals surface area contributed by atoms with Crippen molar-refractivity contribution in [2.45, 2.75) is 26.8 Å². The monoisotopic (exact) mass is 507 g/mol. The molecule has 3 aromatic rings. The SMILES string of the molecule is CCN(CC)C(=O)C1=C(C)N=c2s/c(=C/c3cccc(OC)c3O)c(=O)n2[C@@H]1c1ccccc1OC. The van der Waals surface area contributed by atoms with Crippen LogP contribution in [0.25, 0.3) is 6.08 Å². The lowest BCUT2D eigenvalue weighted by atomic mass is 9.94. The number of phenolic OH excluding ortho intramolecular Hbond substituents is 1. The van der Waals surface area contributed by atoms with E-state index in [4.69, 9.17) is 9.47 Å². The van der Waals surface area contributed by atoms with Crippen molar-refractivity contribution in [1.82, 2.24) is 9.47 Å². The first-order valence-electron chi connectivity index (χ1n) is 11.7. The summed E-state index contributed by atoms with van der Waals surface area (Å²) in [6.45, 7) is 6.70. The smallest absolute Gasteiger partial charge is 0.271 e. The minimum atomic E-state index is -0.716. The number of hydrogen-bond donors (Lipinski definition) is 1. The minimum Gasteiger partial charge on any atom is -0.504 e. The fourth-order valence-corrected chi connectivity index (χ4v) is 5.46. The molecule has 0 bridgehead atoms. The number of aromatic hydroxyl groups is 1. The minimum absolute atomic E-state index is 0.0549. The molecule has 9 heteroatoms. The van der Waals surface area contributed by atoms with E-state index in [1.54, 1.807) is 47.8 Å². The van der Waals surface area contributed by atoms with Gasteiger partial charge in [0.15, 0.2) is 16.3 Å². The molecule has 0 radical (unpaired) electrons. The number of nitrogens with zero attached hydrogens (tertiary/aromatic N) is 3. The van der Waals surface area contributed by atoms with E-state index in [1.165, 1.54) is 18.4 Å². The number of methoxy groups -OCH3 is 2. The van der Waals surface area contributed by atoms with Gasteiger partial charge in [-0.1, -0.05) is 41.7 Å². The molecule has 1 aliphatic heterocycles. The number of likely N-dealkylation sites (N-methyl/N-ethyl adjacent to an activating group) is 1. The van der Waals surface area contributed by atoms with Gasteiger partial charge in [-0.2, -0.15) is 0 Å². The van der Waals surface area contributed by atoms with Crippen molar-refractivity contribution >= 4 is 23.3 Å². The van der Waals surface area contributed by atoms with E-state index in [-0.39, 0.29) is 17.2 Å². The number of fused-ring (bicyclic) bond motifs is 1. The van der Waals surface area contributed by atoms with E-state index in [9.17, 15) is 14.7 Å². The summed E-state index contributed by atoms with van der Waals surface area (Å²) >= 11 is 1.20. The number of aromatic nitrogens is 1. The molecule has 2 aromatic carbocycles. The molecule has 0 fully saturated rings. The van der Waals surface area contributed by atoms with Crippen LogP contribution in [-0.2, 0) is 4.79 Å². The van der Waals surface area contributed by atoms with Gasteiger partial charge in [0.2, 0.25) is 0 Å². The zero-order valence-electron chi connectivity index (χ0n) is 20.9. The molecule has 2 heterocycles. The molecule has 1 atom stereocenters. The Morgan fingerprint density at radius 2 is 1.78 bits per heavy atom. The molecule has 4 rings (SSSR count). The quantitative estimate of drug-likeness (QED) is 0.531. The van der Waals surface area contributed by atoms with Gasteiger partial charge in [-0.05, 0) is 39.0 Å². The third kappa shape index (κ3) is 4.30. The van der Waals surface area contributed by atoms with Gasteiger partial charge in [0, 0.05) is 24.2 Å². The number of hydrogen-bond acceptors (Lipinski definition) is 7. The van der Waals surface area contributed by atoms with E-state index in [2.05, 4.69) is 4.99 Å². The summed E-state index contributed by atoms with van der Waals surface area (Å²) in [5.41, 5.74) is 1.82. The molecule has 0 saturated carbocycles. The summed E-state index contributed by atoms with van der Waals surface area (Å²) in [6, 6.07) is 11.8. The number of thiazole rings is 1. The van der Waals surface area contributed by atoms with E-state index in [1.807, 2.05) is 38.1 Å². The highest BCUT2D eigenvalue weighted by Gasteiger charge is 2.35. The molecule has 188 valence electrons. The van der Waals surface area contributed by atoms with Crippen LogP contribution >= 0.6 is 11.3 Å². The Hall–Kier alpha value is -3.85. The van der Waals surface area contributed by atoms with Gasteiger partial charge >= 0.3 is 0 Å². The number of ether oxygens (including phenoxy) is 2. The maximum absolute atomic E-state index is 13.8. The van der Waals surface area contributed by atoms with E-state index < -0.39 is 6.04 Å². The molecule has 0 spiro atoms. The molecule has 0 saturated heterocycles. The van der Waals surface area contributed by atoms with Crippen LogP contribution < -0.4 is 24.4 Å². The molecule has 1 aromatic heterocycles. The standard InChI is InChI=1S/C27H29N3O5S/c1-6-29(7-2)26(33)22-16(3)28-27-30(23(22)18-12-8-9-13-19(18)34-4)25(32)21(36-27)15-17-11-10-14-20(35-5)24(17)31/h8-15,23,31H,6-7H2,1-5H3/b21-15+/t23-/m1/s1.